The summed E-state index contributed by atoms with van der Waals surface area (Å²) in [6.45, 7) is 2.93. The van der Waals surface area contributed by atoms with Gasteiger partial charge in [0.1, 0.15) is 0 Å². The fraction of sp³-hybridized carbons (Fsp3) is 0.316. The summed E-state index contributed by atoms with van der Waals surface area (Å²) in [5.74, 6) is 0.914. The van der Waals surface area contributed by atoms with Gasteiger partial charge in [0.15, 0.2) is 0 Å². The van der Waals surface area contributed by atoms with Crippen LogP contribution in [0.5, 0.6) is 0 Å². The number of carbonyl (C=O) groups is 1. The summed E-state index contributed by atoms with van der Waals surface area (Å²) in [5, 5.41) is 3.01. The van der Waals surface area contributed by atoms with E-state index in [0.29, 0.717) is 25.9 Å². The van der Waals surface area contributed by atoms with Crippen LogP contribution < -0.4 is 4.90 Å². The number of hydrogen-bond donors (Lipinski definition) is 0. The highest BCUT2D eigenvalue weighted by molar-refractivity contribution is 7.09. The second-order valence-electron chi connectivity index (χ2n) is 6.28. The molecule has 0 spiro atoms. The van der Waals surface area contributed by atoms with Crippen molar-refractivity contribution >= 4 is 23.2 Å². The molecule has 0 saturated carbocycles. The van der Waals surface area contributed by atoms with E-state index in [1.54, 1.807) is 36.1 Å². The van der Waals surface area contributed by atoms with Gasteiger partial charge in [0.2, 0.25) is 11.9 Å². The predicted octanol–water partition coefficient (Wildman–Crippen LogP) is 2.28. The van der Waals surface area contributed by atoms with E-state index in [-0.39, 0.29) is 5.91 Å². The first-order chi connectivity index (χ1) is 13.3. The van der Waals surface area contributed by atoms with Crippen molar-refractivity contribution in [1.29, 1.82) is 0 Å². The van der Waals surface area contributed by atoms with Crippen molar-refractivity contribution in [2.75, 3.05) is 31.1 Å². The molecule has 3 aromatic rings. The standard InChI is InChI=1S/C19H20N6OS/c26-18(24-9-11-25(12-10-24)19-21-7-2-8-22-19)5-4-17-23-16(14-27-17)15-3-1-6-20-13-15/h1-3,6-8,13-14H,4-5,9-12H2. The SMILES string of the molecule is O=C(CCc1nc(-c2cccnc2)cs1)N1CCN(c2ncccn2)CC1. The van der Waals surface area contributed by atoms with Crippen LogP contribution in [0.25, 0.3) is 11.3 Å². The molecular weight excluding hydrogens is 360 g/mol. The third-order valence-corrected chi connectivity index (χ3v) is 5.44. The third-order valence-electron chi connectivity index (χ3n) is 4.53. The van der Waals surface area contributed by atoms with Crippen LogP contribution in [0.4, 0.5) is 5.95 Å². The molecule has 0 atom stereocenters. The Bertz CT molecular complexity index is 877. The predicted molar refractivity (Wildman–Crippen MR) is 104 cm³/mol. The number of thiazole rings is 1. The molecule has 0 radical (unpaired) electrons. The lowest BCUT2D eigenvalue weighted by Crippen LogP contribution is -2.49. The van der Waals surface area contributed by atoms with Crippen LogP contribution in [0.3, 0.4) is 0 Å². The van der Waals surface area contributed by atoms with Gasteiger partial charge in [-0.15, -0.1) is 11.3 Å². The number of anilines is 1. The number of carbonyl (C=O) groups excluding carboxylic acids is 1. The third kappa shape index (κ3) is 4.28. The number of pyridine rings is 1. The summed E-state index contributed by atoms with van der Waals surface area (Å²) in [5.41, 5.74) is 1.93. The van der Waals surface area contributed by atoms with E-state index in [1.165, 1.54) is 0 Å². The number of nitrogens with zero attached hydrogens (tertiary/aromatic N) is 6. The lowest BCUT2D eigenvalue weighted by Gasteiger charge is -2.34. The normalized spacial score (nSPS) is 14.4. The lowest BCUT2D eigenvalue weighted by molar-refractivity contribution is -0.131. The van der Waals surface area contributed by atoms with Gasteiger partial charge in [-0.3, -0.25) is 9.78 Å². The van der Waals surface area contributed by atoms with Gasteiger partial charge < -0.3 is 9.80 Å². The molecule has 1 aliphatic rings. The molecule has 1 aliphatic heterocycles. The van der Waals surface area contributed by atoms with Gasteiger partial charge >= 0.3 is 0 Å². The molecule has 1 saturated heterocycles. The van der Waals surface area contributed by atoms with Gasteiger partial charge in [-0.05, 0) is 18.2 Å². The highest BCUT2D eigenvalue weighted by Crippen LogP contribution is 2.22. The van der Waals surface area contributed by atoms with E-state index >= 15 is 0 Å². The molecule has 0 aromatic carbocycles. The molecular formula is C19H20N6OS. The maximum absolute atomic E-state index is 12.5. The number of piperazine rings is 1. The largest absolute Gasteiger partial charge is 0.339 e. The molecule has 4 heterocycles. The highest BCUT2D eigenvalue weighted by atomic mass is 32.1. The maximum Gasteiger partial charge on any atom is 0.225 e. The second kappa shape index (κ2) is 8.22. The number of aryl methyl sites for hydroxylation is 1. The molecule has 3 aromatic heterocycles. The summed E-state index contributed by atoms with van der Waals surface area (Å²) < 4.78 is 0. The van der Waals surface area contributed by atoms with Gasteiger partial charge in [0, 0.05) is 74.8 Å². The number of aromatic nitrogens is 4. The molecule has 0 bridgehead atoms. The fourth-order valence-electron chi connectivity index (χ4n) is 3.05. The van der Waals surface area contributed by atoms with Gasteiger partial charge in [0.05, 0.1) is 10.7 Å². The van der Waals surface area contributed by atoms with Crippen LogP contribution >= 0.6 is 11.3 Å². The molecule has 0 unspecified atom stereocenters. The first-order valence-corrected chi connectivity index (χ1v) is 9.82. The quantitative estimate of drug-likeness (QED) is 0.676. The van der Waals surface area contributed by atoms with Crippen LogP contribution in [0.15, 0.2) is 48.4 Å². The molecule has 1 fully saturated rings. The van der Waals surface area contributed by atoms with Crippen molar-refractivity contribution in [3.8, 4) is 11.3 Å². The van der Waals surface area contributed by atoms with Crippen molar-refractivity contribution in [2.45, 2.75) is 12.8 Å². The van der Waals surface area contributed by atoms with Crippen LogP contribution in [-0.4, -0.2) is 56.9 Å². The first-order valence-electron chi connectivity index (χ1n) is 8.94. The van der Waals surface area contributed by atoms with Crippen molar-refractivity contribution in [2.24, 2.45) is 0 Å². The highest BCUT2D eigenvalue weighted by Gasteiger charge is 2.22. The smallest absolute Gasteiger partial charge is 0.225 e. The molecule has 27 heavy (non-hydrogen) atoms. The van der Waals surface area contributed by atoms with E-state index in [4.69, 9.17) is 0 Å². The van der Waals surface area contributed by atoms with E-state index in [1.807, 2.05) is 28.5 Å². The number of hydrogen-bond acceptors (Lipinski definition) is 7. The Morgan fingerprint density at radius 3 is 2.63 bits per heavy atom. The Hall–Kier alpha value is -2.87. The Morgan fingerprint density at radius 2 is 1.89 bits per heavy atom. The number of rotatable bonds is 5. The van der Waals surface area contributed by atoms with Gasteiger partial charge in [-0.1, -0.05) is 0 Å². The molecule has 1 amide bonds. The Labute approximate surface area is 161 Å². The van der Waals surface area contributed by atoms with Crippen LogP contribution in [0.1, 0.15) is 11.4 Å². The Balaban J connectivity index is 1.27. The molecule has 8 heteroatoms. The summed E-state index contributed by atoms with van der Waals surface area (Å²) in [7, 11) is 0. The monoisotopic (exact) mass is 380 g/mol. The Morgan fingerprint density at radius 1 is 1.07 bits per heavy atom. The molecule has 0 aliphatic carbocycles. The van der Waals surface area contributed by atoms with E-state index in [0.717, 1.165) is 35.3 Å². The Kier molecular flexibility index (Phi) is 5.34. The van der Waals surface area contributed by atoms with Crippen molar-refractivity contribution in [3.05, 3.63) is 53.4 Å². The van der Waals surface area contributed by atoms with E-state index in [2.05, 4.69) is 24.8 Å². The number of amides is 1. The molecule has 4 rings (SSSR count). The van der Waals surface area contributed by atoms with Crippen molar-refractivity contribution in [3.63, 3.8) is 0 Å². The molecule has 7 nitrogen and oxygen atoms in total. The minimum Gasteiger partial charge on any atom is -0.339 e. The summed E-state index contributed by atoms with van der Waals surface area (Å²) in [6.07, 6.45) is 8.20. The minimum absolute atomic E-state index is 0.182. The maximum atomic E-state index is 12.5. The van der Waals surface area contributed by atoms with Gasteiger partial charge in [-0.25, -0.2) is 15.0 Å². The topological polar surface area (TPSA) is 75.1 Å². The summed E-state index contributed by atoms with van der Waals surface area (Å²) >= 11 is 1.60. The zero-order chi connectivity index (χ0) is 18.5. The van der Waals surface area contributed by atoms with Crippen molar-refractivity contribution in [1.82, 2.24) is 24.8 Å². The zero-order valence-corrected chi connectivity index (χ0v) is 15.7. The molecule has 0 N–H and O–H groups in total. The van der Waals surface area contributed by atoms with E-state index < -0.39 is 0 Å². The van der Waals surface area contributed by atoms with Crippen LogP contribution in [0.2, 0.25) is 0 Å². The van der Waals surface area contributed by atoms with Crippen LogP contribution in [0, 0.1) is 0 Å². The first kappa shape index (κ1) is 17.5. The van der Waals surface area contributed by atoms with Gasteiger partial charge in [0.25, 0.3) is 0 Å². The van der Waals surface area contributed by atoms with Crippen molar-refractivity contribution < 1.29 is 4.79 Å². The van der Waals surface area contributed by atoms with E-state index in [9.17, 15) is 4.79 Å². The average Bonchev–Trinajstić information content (AvgIpc) is 3.22. The second-order valence-corrected chi connectivity index (χ2v) is 7.23. The fourth-order valence-corrected chi connectivity index (χ4v) is 3.86. The summed E-state index contributed by atoms with van der Waals surface area (Å²) in [4.78, 5) is 33.9. The zero-order valence-electron chi connectivity index (χ0n) is 14.9. The summed E-state index contributed by atoms with van der Waals surface area (Å²) in [6, 6.07) is 5.70. The van der Waals surface area contributed by atoms with Gasteiger partial charge in [-0.2, -0.15) is 0 Å². The minimum atomic E-state index is 0.182. The van der Waals surface area contributed by atoms with Crippen LogP contribution in [-0.2, 0) is 11.2 Å². The molecule has 138 valence electrons. The lowest BCUT2D eigenvalue weighted by atomic mass is 10.2. The average molecular weight is 380 g/mol.